The highest BCUT2D eigenvalue weighted by molar-refractivity contribution is 9.10. The topological polar surface area (TPSA) is 66.7 Å². The van der Waals surface area contributed by atoms with E-state index in [0.717, 1.165) is 4.47 Å². The summed E-state index contributed by atoms with van der Waals surface area (Å²) >= 11 is 3.36. The third kappa shape index (κ3) is 1.82. The number of aromatic amines is 1. The van der Waals surface area contributed by atoms with Crippen molar-refractivity contribution in [2.45, 2.75) is 19.6 Å². The molecule has 80 valence electrons. The Kier molecular flexibility index (Phi) is 2.88. The summed E-state index contributed by atoms with van der Waals surface area (Å²) in [5.74, 6) is 0.519. The average molecular weight is 271 g/mol. The van der Waals surface area contributed by atoms with Gasteiger partial charge in [0, 0.05) is 18.9 Å². The maximum atomic E-state index is 10.1. The number of aliphatic hydroxyl groups excluding tert-OH is 1. The molecule has 6 heteroatoms. The fourth-order valence-corrected chi connectivity index (χ4v) is 1.97. The summed E-state index contributed by atoms with van der Waals surface area (Å²) in [5, 5.41) is 14.2. The molecule has 0 aliphatic rings. The normalized spacial score (nSPS) is 13.0. The van der Waals surface area contributed by atoms with E-state index in [2.05, 4.69) is 31.0 Å². The number of H-pyrrole nitrogens is 1. The predicted octanol–water partition coefficient (Wildman–Crippen LogP) is 1.47. The molecular formula is C9H11BrN4O. The van der Waals surface area contributed by atoms with Crippen molar-refractivity contribution in [2.24, 2.45) is 0 Å². The Morgan fingerprint density at radius 1 is 1.67 bits per heavy atom. The molecule has 0 spiro atoms. The smallest absolute Gasteiger partial charge is 0.154 e. The van der Waals surface area contributed by atoms with E-state index in [0.29, 0.717) is 18.1 Å². The Hall–Kier alpha value is -1.14. The molecule has 2 aromatic heterocycles. The Morgan fingerprint density at radius 3 is 3.07 bits per heavy atom. The van der Waals surface area contributed by atoms with Gasteiger partial charge in [0.15, 0.2) is 6.10 Å². The van der Waals surface area contributed by atoms with Crippen molar-refractivity contribution in [1.29, 1.82) is 0 Å². The van der Waals surface area contributed by atoms with E-state index in [-0.39, 0.29) is 0 Å². The Labute approximate surface area is 95.3 Å². The highest BCUT2D eigenvalue weighted by atomic mass is 79.9. The van der Waals surface area contributed by atoms with Gasteiger partial charge >= 0.3 is 0 Å². The zero-order valence-corrected chi connectivity index (χ0v) is 9.77. The fourth-order valence-electron chi connectivity index (χ4n) is 1.45. The van der Waals surface area contributed by atoms with Crippen molar-refractivity contribution in [3.05, 3.63) is 34.6 Å². The number of nitrogens with zero attached hydrogens (tertiary/aromatic N) is 3. The third-order valence-electron chi connectivity index (χ3n) is 2.17. The van der Waals surface area contributed by atoms with Gasteiger partial charge in [0.05, 0.1) is 16.4 Å². The van der Waals surface area contributed by atoms with E-state index >= 15 is 0 Å². The fraction of sp³-hybridized carbons (Fsp3) is 0.333. The van der Waals surface area contributed by atoms with Crippen LogP contribution in [0, 0.1) is 0 Å². The second-order valence-corrected chi connectivity index (χ2v) is 3.92. The molecule has 0 aliphatic heterocycles. The van der Waals surface area contributed by atoms with Crippen LogP contribution in [0.5, 0.6) is 0 Å². The van der Waals surface area contributed by atoms with Gasteiger partial charge in [-0.3, -0.25) is 4.68 Å². The first-order chi connectivity index (χ1) is 7.24. The first kappa shape index (κ1) is 10.4. The molecule has 2 aromatic rings. The maximum Gasteiger partial charge on any atom is 0.154 e. The second-order valence-electron chi connectivity index (χ2n) is 3.07. The summed E-state index contributed by atoms with van der Waals surface area (Å²) in [5.41, 5.74) is 0.715. The van der Waals surface area contributed by atoms with Gasteiger partial charge in [-0.1, -0.05) is 0 Å². The monoisotopic (exact) mass is 270 g/mol. The number of imidazole rings is 1. The number of aryl methyl sites for hydroxylation is 1. The van der Waals surface area contributed by atoms with E-state index in [9.17, 15) is 5.11 Å². The molecular weight excluding hydrogens is 260 g/mol. The summed E-state index contributed by atoms with van der Waals surface area (Å²) in [6.45, 7) is 2.68. The van der Waals surface area contributed by atoms with Crippen molar-refractivity contribution >= 4 is 15.9 Å². The maximum absolute atomic E-state index is 10.1. The molecule has 2 heterocycles. The van der Waals surface area contributed by atoms with Gasteiger partial charge in [-0.25, -0.2) is 4.98 Å². The molecule has 0 aromatic carbocycles. The summed E-state index contributed by atoms with van der Waals surface area (Å²) in [7, 11) is 0. The number of rotatable bonds is 3. The standard InChI is InChI=1S/C9H11BrN4O/c1-2-14-7(6(10)5-13-14)8(15)9-11-3-4-12-9/h3-5,8,15H,2H2,1H3,(H,11,12). The number of hydrogen-bond donors (Lipinski definition) is 2. The molecule has 1 atom stereocenters. The molecule has 0 bridgehead atoms. The number of aromatic nitrogens is 4. The van der Waals surface area contributed by atoms with E-state index in [1.165, 1.54) is 0 Å². The van der Waals surface area contributed by atoms with Gasteiger partial charge in [-0.15, -0.1) is 0 Å². The number of aliphatic hydroxyl groups is 1. The van der Waals surface area contributed by atoms with Crippen molar-refractivity contribution in [3.8, 4) is 0 Å². The molecule has 0 fully saturated rings. The summed E-state index contributed by atoms with van der Waals surface area (Å²) in [6.07, 6.45) is 4.18. The lowest BCUT2D eigenvalue weighted by Gasteiger charge is -2.10. The van der Waals surface area contributed by atoms with Crippen LogP contribution in [0.3, 0.4) is 0 Å². The van der Waals surface area contributed by atoms with Crippen molar-refractivity contribution in [3.63, 3.8) is 0 Å². The number of hydrogen-bond acceptors (Lipinski definition) is 3. The van der Waals surface area contributed by atoms with E-state index in [4.69, 9.17) is 0 Å². The highest BCUT2D eigenvalue weighted by Gasteiger charge is 2.20. The van der Waals surface area contributed by atoms with Crippen molar-refractivity contribution in [2.75, 3.05) is 0 Å². The zero-order chi connectivity index (χ0) is 10.8. The molecule has 0 saturated carbocycles. The predicted molar refractivity (Wildman–Crippen MR) is 58.3 cm³/mol. The van der Waals surface area contributed by atoms with Gasteiger partial charge < -0.3 is 10.1 Å². The lowest BCUT2D eigenvalue weighted by atomic mass is 10.2. The van der Waals surface area contributed by atoms with Gasteiger partial charge in [-0.2, -0.15) is 5.10 Å². The van der Waals surface area contributed by atoms with Crippen LogP contribution in [-0.2, 0) is 6.54 Å². The average Bonchev–Trinajstić information content (AvgIpc) is 2.85. The van der Waals surface area contributed by atoms with Crippen LogP contribution >= 0.6 is 15.9 Å². The lowest BCUT2D eigenvalue weighted by molar-refractivity contribution is 0.198. The van der Waals surface area contributed by atoms with E-state index in [1.807, 2.05) is 6.92 Å². The number of nitrogens with one attached hydrogen (secondary N) is 1. The van der Waals surface area contributed by atoms with Crippen LogP contribution in [0.15, 0.2) is 23.1 Å². The van der Waals surface area contributed by atoms with Crippen LogP contribution in [-0.4, -0.2) is 24.9 Å². The number of halogens is 1. The largest absolute Gasteiger partial charge is 0.379 e. The van der Waals surface area contributed by atoms with Gasteiger partial charge in [-0.05, 0) is 22.9 Å². The van der Waals surface area contributed by atoms with Gasteiger partial charge in [0.25, 0.3) is 0 Å². The molecule has 0 radical (unpaired) electrons. The van der Waals surface area contributed by atoms with Crippen LogP contribution in [0.25, 0.3) is 0 Å². The molecule has 1 unspecified atom stereocenters. The van der Waals surface area contributed by atoms with Crippen LogP contribution in [0.2, 0.25) is 0 Å². The first-order valence-corrected chi connectivity index (χ1v) is 5.42. The van der Waals surface area contributed by atoms with Crippen LogP contribution in [0.1, 0.15) is 24.5 Å². The minimum Gasteiger partial charge on any atom is -0.379 e. The van der Waals surface area contributed by atoms with Gasteiger partial charge in [0.1, 0.15) is 5.82 Å². The van der Waals surface area contributed by atoms with Crippen LogP contribution < -0.4 is 0 Å². The summed E-state index contributed by atoms with van der Waals surface area (Å²) in [6, 6.07) is 0. The molecule has 2 N–H and O–H groups in total. The van der Waals surface area contributed by atoms with E-state index < -0.39 is 6.10 Å². The van der Waals surface area contributed by atoms with Crippen LogP contribution in [0.4, 0.5) is 0 Å². The van der Waals surface area contributed by atoms with Gasteiger partial charge in [0.2, 0.25) is 0 Å². The minimum absolute atomic E-state index is 0.519. The molecule has 5 nitrogen and oxygen atoms in total. The minimum atomic E-state index is -0.781. The van der Waals surface area contributed by atoms with Crippen molar-refractivity contribution in [1.82, 2.24) is 19.7 Å². The molecule has 0 amide bonds. The third-order valence-corrected chi connectivity index (χ3v) is 2.78. The molecule has 0 saturated heterocycles. The molecule has 0 aliphatic carbocycles. The Balaban J connectivity index is 2.40. The van der Waals surface area contributed by atoms with E-state index in [1.54, 1.807) is 23.3 Å². The first-order valence-electron chi connectivity index (χ1n) is 4.62. The SMILES string of the molecule is CCn1ncc(Br)c1C(O)c1ncc[nH]1. The lowest BCUT2D eigenvalue weighted by Crippen LogP contribution is -2.10. The Morgan fingerprint density at radius 2 is 2.47 bits per heavy atom. The Bertz CT molecular complexity index is 437. The van der Waals surface area contributed by atoms with Crippen molar-refractivity contribution < 1.29 is 5.11 Å². The molecule has 15 heavy (non-hydrogen) atoms. The quantitative estimate of drug-likeness (QED) is 0.888. The molecule has 2 rings (SSSR count). The summed E-state index contributed by atoms with van der Waals surface area (Å²) in [4.78, 5) is 6.90. The second kappa shape index (κ2) is 4.16. The highest BCUT2D eigenvalue weighted by Crippen LogP contribution is 2.26. The summed E-state index contributed by atoms with van der Waals surface area (Å²) < 4.78 is 2.52. The zero-order valence-electron chi connectivity index (χ0n) is 8.18.